The summed E-state index contributed by atoms with van der Waals surface area (Å²) in [7, 11) is 0. The summed E-state index contributed by atoms with van der Waals surface area (Å²) in [6, 6.07) is 4.41. The fourth-order valence-corrected chi connectivity index (χ4v) is 4.47. The van der Waals surface area contributed by atoms with Crippen molar-refractivity contribution in [2.45, 2.75) is 71.1 Å². The number of hydrogen-bond donors (Lipinski definition) is 0. The molecule has 0 bridgehead atoms. The van der Waals surface area contributed by atoms with E-state index in [1.807, 2.05) is 12.5 Å². The van der Waals surface area contributed by atoms with Gasteiger partial charge in [-0.15, -0.1) is 0 Å². The lowest BCUT2D eigenvalue weighted by molar-refractivity contribution is 0.196. The zero-order valence-electron chi connectivity index (χ0n) is 16.7. The Morgan fingerprint density at radius 2 is 1.52 bits per heavy atom. The molecule has 0 aromatic heterocycles. The average molecular weight is 382 g/mol. The molecule has 0 unspecified atom stereocenters. The van der Waals surface area contributed by atoms with Crippen molar-refractivity contribution in [2.75, 3.05) is 12.5 Å². The first kappa shape index (κ1) is 20.5. The summed E-state index contributed by atoms with van der Waals surface area (Å²) in [4.78, 5) is 12.5. The van der Waals surface area contributed by atoms with Crippen molar-refractivity contribution in [3.05, 3.63) is 28.8 Å². The molecule has 3 nitrogen and oxygen atoms in total. The zero-order valence-corrected chi connectivity index (χ0v) is 18.4. The van der Waals surface area contributed by atoms with Gasteiger partial charge in [-0.2, -0.15) is 3.71 Å². The first-order valence-corrected chi connectivity index (χ1v) is 11.2. The van der Waals surface area contributed by atoms with Gasteiger partial charge in [0.1, 0.15) is 5.75 Å². The summed E-state index contributed by atoms with van der Waals surface area (Å²) >= 11 is 2.72. The highest BCUT2D eigenvalue weighted by atomic mass is 32.2. The van der Waals surface area contributed by atoms with E-state index >= 15 is 0 Å². The van der Waals surface area contributed by atoms with Gasteiger partial charge < -0.3 is 4.74 Å². The van der Waals surface area contributed by atoms with E-state index < -0.39 is 0 Å². The summed E-state index contributed by atoms with van der Waals surface area (Å²) in [6.07, 6.45) is 5.74. The van der Waals surface area contributed by atoms with Gasteiger partial charge in [-0.25, -0.2) is 4.79 Å². The Morgan fingerprint density at radius 3 is 1.96 bits per heavy atom. The fourth-order valence-electron chi connectivity index (χ4n) is 3.51. The fraction of sp³-hybridized carbons (Fsp3) is 0.650. The van der Waals surface area contributed by atoms with Crippen molar-refractivity contribution in [2.24, 2.45) is 0 Å². The third-order valence-electron chi connectivity index (χ3n) is 5.28. The SMILES string of the molecule is CSN(SC)C(=O)Oc1cc2c(cc1C(C)C)C(C)(C)CCC2(C)C. The van der Waals surface area contributed by atoms with E-state index in [1.54, 1.807) is 3.71 Å². The van der Waals surface area contributed by atoms with E-state index in [1.165, 1.54) is 41.4 Å². The molecule has 0 N–H and O–H groups in total. The van der Waals surface area contributed by atoms with E-state index in [4.69, 9.17) is 4.74 Å². The lowest BCUT2D eigenvalue weighted by Gasteiger charge is -2.42. The first-order valence-electron chi connectivity index (χ1n) is 8.82. The van der Waals surface area contributed by atoms with Gasteiger partial charge in [-0.05, 0) is 76.2 Å². The molecule has 1 aliphatic carbocycles. The monoisotopic (exact) mass is 381 g/mol. The molecule has 0 spiro atoms. The minimum Gasteiger partial charge on any atom is -0.409 e. The van der Waals surface area contributed by atoms with Crippen LogP contribution in [0.3, 0.4) is 0 Å². The number of ether oxygens (including phenoxy) is 1. The molecule has 0 saturated carbocycles. The predicted octanol–water partition coefficient (Wildman–Crippen LogP) is 6.52. The van der Waals surface area contributed by atoms with Crippen molar-refractivity contribution in [1.82, 2.24) is 3.71 Å². The molecule has 1 aliphatic rings. The molecule has 1 amide bonds. The minimum atomic E-state index is -0.324. The third-order valence-corrected chi connectivity index (χ3v) is 7.14. The lowest BCUT2D eigenvalue weighted by atomic mass is 9.62. The van der Waals surface area contributed by atoms with Crippen LogP contribution >= 0.6 is 23.9 Å². The molecule has 0 saturated heterocycles. The van der Waals surface area contributed by atoms with Gasteiger partial charge in [0.25, 0.3) is 0 Å². The van der Waals surface area contributed by atoms with Gasteiger partial charge in [-0.3, -0.25) is 0 Å². The third kappa shape index (κ3) is 4.13. The summed E-state index contributed by atoms with van der Waals surface area (Å²) in [5.74, 6) is 1.00. The Hall–Kier alpha value is -0.810. The molecule has 2 rings (SSSR count). The van der Waals surface area contributed by atoms with Crippen molar-refractivity contribution >= 4 is 30.0 Å². The van der Waals surface area contributed by atoms with Gasteiger partial charge >= 0.3 is 6.09 Å². The number of nitrogens with zero attached hydrogens (tertiary/aromatic N) is 1. The van der Waals surface area contributed by atoms with Crippen LogP contribution in [0, 0.1) is 0 Å². The minimum absolute atomic E-state index is 0.0974. The molecular formula is C20H31NO2S2. The zero-order chi connectivity index (χ0) is 19.0. The largest absolute Gasteiger partial charge is 0.435 e. The smallest absolute Gasteiger partial charge is 0.409 e. The molecule has 0 heterocycles. The lowest BCUT2D eigenvalue weighted by Crippen LogP contribution is -2.34. The second kappa shape index (κ2) is 7.43. The van der Waals surface area contributed by atoms with Crippen molar-refractivity contribution < 1.29 is 9.53 Å². The van der Waals surface area contributed by atoms with E-state index in [-0.39, 0.29) is 16.9 Å². The Kier molecular flexibility index (Phi) is 6.10. The molecule has 25 heavy (non-hydrogen) atoms. The molecule has 140 valence electrons. The first-order chi connectivity index (χ1) is 11.5. The second-order valence-electron chi connectivity index (χ2n) is 8.35. The number of amides is 1. The maximum Gasteiger partial charge on any atom is 0.435 e. The molecule has 0 aliphatic heterocycles. The van der Waals surface area contributed by atoms with Crippen LogP contribution in [-0.2, 0) is 10.8 Å². The van der Waals surface area contributed by atoms with E-state index in [0.717, 1.165) is 12.0 Å². The normalized spacial score (nSPS) is 18.0. The van der Waals surface area contributed by atoms with Gasteiger partial charge in [0, 0.05) is 12.5 Å². The number of benzene rings is 1. The highest BCUT2D eigenvalue weighted by Crippen LogP contribution is 2.48. The van der Waals surface area contributed by atoms with E-state index in [0.29, 0.717) is 11.7 Å². The highest BCUT2D eigenvalue weighted by molar-refractivity contribution is 8.12. The van der Waals surface area contributed by atoms with Gasteiger partial charge in [0.2, 0.25) is 0 Å². The van der Waals surface area contributed by atoms with Crippen LogP contribution in [0.4, 0.5) is 4.79 Å². The Morgan fingerprint density at radius 1 is 1.04 bits per heavy atom. The van der Waals surface area contributed by atoms with Crippen LogP contribution < -0.4 is 4.74 Å². The quantitative estimate of drug-likeness (QED) is 0.556. The van der Waals surface area contributed by atoms with Crippen LogP contribution in [0.5, 0.6) is 5.75 Å². The molecule has 0 atom stereocenters. The maximum atomic E-state index is 12.5. The standard InChI is InChI=1S/C20H31NO2S2/c1-13(2)14-11-15-16(20(5,6)10-9-19(15,3)4)12-17(14)23-18(22)21(24-7)25-8/h11-13H,9-10H2,1-8H3. The summed E-state index contributed by atoms with van der Waals surface area (Å²) in [6.45, 7) is 13.5. The Bertz CT molecular complexity index is 649. The number of carbonyl (C=O) groups excluding carboxylic acids is 1. The van der Waals surface area contributed by atoms with Gasteiger partial charge in [0.05, 0.1) is 0 Å². The Labute approximate surface area is 161 Å². The average Bonchev–Trinajstić information content (AvgIpc) is 2.52. The maximum absolute atomic E-state index is 12.5. The molecular weight excluding hydrogens is 350 g/mol. The molecule has 1 aromatic carbocycles. The topological polar surface area (TPSA) is 29.5 Å². The van der Waals surface area contributed by atoms with Crippen molar-refractivity contribution in [3.63, 3.8) is 0 Å². The summed E-state index contributed by atoms with van der Waals surface area (Å²) < 4.78 is 7.38. The Balaban J connectivity index is 2.55. The molecule has 0 fully saturated rings. The number of carbonyl (C=O) groups is 1. The van der Waals surface area contributed by atoms with Crippen molar-refractivity contribution in [1.29, 1.82) is 0 Å². The molecule has 1 aromatic rings. The van der Waals surface area contributed by atoms with Crippen LogP contribution in [0.25, 0.3) is 0 Å². The van der Waals surface area contributed by atoms with Gasteiger partial charge in [0.15, 0.2) is 0 Å². The van der Waals surface area contributed by atoms with Crippen LogP contribution in [0.2, 0.25) is 0 Å². The number of hydrogen-bond acceptors (Lipinski definition) is 4. The van der Waals surface area contributed by atoms with E-state index in [2.05, 4.69) is 53.7 Å². The van der Waals surface area contributed by atoms with Crippen molar-refractivity contribution in [3.8, 4) is 5.75 Å². The molecule has 0 radical (unpaired) electrons. The van der Waals surface area contributed by atoms with Crippen LogP contribution in [0.1, 0.15) is 77.0 Å². The second-order valence-corrected chi connectivity index (χ2v) is 10.0. The summed E-state index contributed by atoms with van der Waals surface area (Å²) in [5, 5.41) is 0. The predicted molar refractivity (Wildman–Crippen MR) is 111 cm³/mol. The number of rotatable bonds is 4. The number of fused-ring (bicyclic) bond motifs is 1. The van der Waals surface area contributed by atoms with E-state index in [9.17, 15) is 4.79 Å². The summed E-state index contributed by atoms with van der Waals surface area (Å²) in [5.41, 5.74) is 4.08. The van der Waals surface area contributed by atoms with Gasteiger partial charge in [-0.1, -0.05) is 47.6 Å². The molecule has 5 heteroatoms. The van der Waals surface area contributed by atoms with Crippen LogP contribution in [-0.4, -0.2) is 22.3 Å². The van der Waals surface area contributed by atoms with Crippen LogP contribution in [0.15, 0.2) is 12.1 Å². The highest BCUT2D eigenvalue weighted by Gasteiger charge is 2.38.